The molecule has 0 aliphatic rings. The van der Waals surface area contributed by atoms with Crippen molar-refractivity contribution in [3.8, 4) is 0 Å². The van der Waals surface area contributed by atoms with E-state index in [1.165, 1.54) is 0 Å². The highest BCUT2D eigenvalue weighted by atomic mass is 15.1. The maximum atomic E-state index is 7.48. The predicted molar refractivity (Wildman–Crippen MR) is 77.5 cm³/mol. The number of nitrogens with one attached hydrogen (secondary N) is 1. The molecule has 1 heterocycles. The van der Waals surface area contributed by atoms with Crippen LogP contribution in [-0.4, -0.2) is 15.4 Å². The smallest absolute Gasteiger partial charge is 0.122 e. The Labute approximate surface area is 113 Å². The maximum Gasteiger partial charge on any atom is 0.122 e. The number of nitrogens with zero attached hydrogens (tertiary/aromatic N) is 2. The number of aromatic nitrogens is 2. The van der Waals surface area contributed by atoms with Gasteiger partial charge in [0.1, 0.15) is 11.7 Å². The van der Waals surface area contributed by atoms with Crippen LogP contribution in [0.4, 0.5) is 0 Å². The minimum Gasteiger partial charge on any atom is -0.384 e. The third kappa shape index (κ3) is 3.02. The summed E-state index contributed by atoms with van der Waals surface area (Å²) in [4.78, 5) is 4.44. The summed E-state index contributed by atoms with van der Waals surface area (Å²) in [6.45, 7) is 7.20. The zero-order chi connectivity index (χ0) is 14.0. The summed E-state index contributed by atoms with van der Waals surface area (Å²) in [5, 5.41) is 7.48. The molecule has 0 fully saturated rings. The van der Waals surface area contributed by atoms with Crippen LogP contribution in [0.3, 0.4) is 0 Å². The normalized spacial score (nSPS) is 11.5. The molecule has 2 aromatic rings. The summed E-state index contributed by atoms with van der Waals surface area (Å²) >= 11 is 0. The maximum absolute atomic E-state index is 7.48. The molecule has 1 aromatic heterocycles. The van der Waals surface area contributed by atoms with Crippen molar-refractivity contribution < 1.29 is 0 Å². The van der Waals surface area contributed by atoms with Gasteiger partial charge in [-0.15, -0.1) is 0 Å². The van der Waals surface area contributed by atoms with Crippen LogP contribution in [0.2, 0.25) is 0 Å². The van der Waals surface area contributed by atoms with Gasteiger partial charge in [0.15, 0.2) is 0 Å². The van der Waals surface area contributed by atoms with Crippen LogP contribution in [0.1, 0.15) is 37.7 Å². The highest BCUT2D eigenvalue weighted by molar-refractivity contribution is 5.95. The highest BCUT2D eigenvalue weighted by Crippen LogP contribution is 2.21. The van der Waals surface area contributed by atoms with Gasteiger partial charge in [-0.25, -0.2) is 4.98 Å². The van der Waals surface area contributed by atoms with E-state index < -0.39 is 0 Å². The van der Waals surface area contributed by atoms with Gasteiger partial charge >= 0.3 is 0 Å². The zero-order valence-corrected chi connectivity index (χ0v) is 11.6. The van der Waals surface area contributed by atoms with Gasteiger partial charge < -0.3 is 10.3 Å². The summed E-state index contributed by atoms with van der Waals surface area (Å²) in [7, 11) is 0. The summed E-state index contributed by atoms with van der Waals surface area (Å²) in [6.07, 6.45) is 3.82. The zero-order valence-electron chi connectivity index (χ0n) is 11.6. The molecular weight excluding hydrogens is 236 g/mol. The molecule has 0 aliphatic heterocycles. The first-order valence-corrected chi connectivity index (χ1v) is 6.33. The molecular formula is C15H20N4. The SMILES string of the molecule is CC(C)(C)c1nccn1Cc1cccc(C(=N)N)c1. The van der Waals surface area contributed by atoms with Crippen molar-refractivity contribution in [2.24, 2.45) is 5.73 Å². The summed E-state index contributed by atoms with van der Waals surface area (Å²) in [6, 6.07) is 7.78. The average molecular weight is 256 g/mol. The molecule has 19 heavy (non-hydrogen) atoms. The van der Waals surface area contributed by atoms with Crippen molar-refractivity contribution in [3.63, 3.8) is 0 Å². The number of rotatable bonds is 3. The first-order valence-electron chi connectivity index (χ1n) is 6.33. The Morgan fingerprint density at radius 3 is 2.74 bits per heavy atom. The second-order valence-corrected chi connectivity index (χ2v) is 5.74. The van der Waals surface area contributed by atoms with Gasteiger partial charge in [-0.2, -0.15) is 0 Å². The van der Waals surface area contributed by atoms with Crippen LogP contribution in [-0.2, 0) is 12.0 Å². The summed E-state index contributed by atoms with van der Waals surface area (Å²) in [5.41, 5.74) is 7.42. The number of hydrogen-bond acceptors (Lipinski definition) is 2. The van der Waals surface area contributed by atoms with Crippen LogP contribution in [0.5, 0.6) is 0 Å². The second kappa shape index (κ2) is 4.88. The van der Waals surface area contributed by atoms with Gasteiger partial charge in [0.05, 0.1) is 0 Å². The van der Waals surface area contributed by atoms with E-state index in [9.17, 15) is 0 Å². The van der Waals surface area contributed by atoms with Crippen LogP contribution >= 0.6 is 0 Å². The first kappa shape index (κ1) is 13.3. The molecule has 0 unspecified atom stereocenters. The predicted octanol–water partition coefficient (Wildman–Crippen LogP) is 2.51. The Kier molecular flexibility index (Phi) is 3.42. The first-order chi connectivity index (χ1) is 8.88. The van der Waals surface area contributed by atoms with Crippen LogP contribution in [0.25, 0.3) is 0 Å². The molecule has 3 N–H and O–H groups in total. The fourth-order valence-electron chi connectivity index (χ4n) is 2.12. The number of imidazole rings is 1. The molecule has 0 radical (unpaired) electrons. The number of amidine groups is 1. The number of hydrogen-bond donors (Lipinski definition) is 2. The van der Waals surface area contributed by atoms with Gasteiger partial charge in [-0.05, 0) is 11.6 Å². The number of nitrogen functional groups attached to an aromatic ring is 1. The molecule has 0 saturated heterocycles. The lowest BCUT2D eigenvalue weighted by Crippen LogP contribution is -2.19. The lowest BCUT2D eigenvalue weighted by Gasteiger charge is -2.20. The quantitative estimate of drug-likeness (QED) is 0.654. The average Bonchev–Trinajstić information content (AvgIpc) is 2.77. The molecule has 2 rings (SSSR count). The van der Waals surface area contributed by atoms with Crippen molar-refractivity contribution in [1.82, 2.24) is 9.55 Å². The highest BCUT2D eigenvalue weighted by Gasteiger charge is 2.19. The lowest BCUT2D eigenvalue weighted by molar-refractivity contribution is 0.511. The topological polar surface area (TPSA) is 67.7 Å². The number of nitrogens with two attached hydrogens (primary N) is 1. The van der Waals surface area contributed by atoms with E-state index in [1.807, 2.05) is 36.7 Å². The Hall–Kier alpha value is -2.10. The molecule has 0 atom stereocenters. The van der Waals surface area contributed by atoms with E-state index in [4.69, 9.17) is 11.1 Å². The van der Waals surface area contributed by atoms with E-state index in [2.05, 4.69) is 30.3 Å². The van der Waals surface area contributed by atoms with Crippen LogP contribution in [0.15, 0.2) is 36.7 Å². The largest absolute Gasteiger partial charge is 0.384 e. The monoisotopic (exact) mass is 256 g/mol. The summed E-state index contributed by atoms with van der Waals surface area (Å²) < 4.78 is 2.14. The Morgan fingerprint density at radius 1 is 1.37 bits per heavy atom. The van der Waals surface area contributed by atoms with E-state index >= 15 is 0 Å². The standard InChI is InChI=1S/C15H20N4/c1-15(2,3)14-18-7-8-19(14)10-11-5-4-6-12(9-11)13(16)17/h4-9H,10H2,1-3H3,(H3,16,17). The van der Waals surface area contributed by atoms with Crippen LogP contribution < -0.4 is 5.73 Å². The van der Waals surface area contributed by atoms with E-state index in [0.29, 0.717) is 0 Å². The molecule has 0 spiro atoms. The fourth-order valence-corrected chi connectivity index (χ4v) is 2.12. The Balaban J connectivity index is 2.29. The minimum atomic E-state index is 0.0156. The Morgan fingerprint density at radius 2 is 2.11 bits per heavy atom. The molecule has 1 aromatic carbocycles. The van der Waals surface area contributed by atoms with Gasteiger partial charge in [-0.3, -0.25) is 5.41 Å². The summed E-state index contributed by atoms with van der Waals surface area (Å²) in [5.74, 6) is 1.16. The van der Waals surface area contributed by atoms with Crippen molar-refractivity contribution >= 4 is 5.84 Å². The molecule has 100 valence electrons. The van der Waals surface area contributed by atoms with E-state index in [-0.39, 0.29) is 11.3 Å². The molecule has 0 bridgehead atoms. The van der Waals surface area contributed by atoms with Gasteiger partial charge in [-0.1, -0.05) is 39.0 Å². The van der Waals surface area contributed by atoms with Crippen molar-refractivity contribution in [1.29, 1.82) is 5.41 Å². The van der Waals surface area contributed by atoms with E-state index in [1.54, 1.807) is 0 Å². The Bertz CT molecular complexity index is 590. The molecule has 0 aliphatic carbocycles. The number of benzene rings is 1. The van der Waals surface area contributed by atoms with Crippen molar-refractivity contribution in [2.45, 2.75) is 32.7 Å². The third-order valence-electron chi connectivity index (χ3n) is 2.98. The fraction of sp³-hybridized carbons (Fsp3) is 0.333. The van der Waals surface area contributed by atoms with Crippen LogP contribution in [0, 0.1) is 5.41 Å². The molecule has 0 amide bonds. The van der Waals surface area contributed by atoms with E-state index in [0.717, 1.165) is 23.5 Å². The van der Waals surface area contributed by atoms with Gasteiger partial charge in [0.2, 0.25) is 0 Å². The van der Waals surface area contributed by atoms with Gasteiger partial charge in [0, 0.05) is 29.9 Å². The second-order valence-electron chi connectivity index (χ2n) is 5.74. The third-order valence-corrected chi connectivity index (χ3v) is 2.98. The minimum absolute atomic E-state index is 0.0156. The van der Waals surface area contributed by atoms with Crippen molar-refractivity contribution in [2.75, 3.05) is 0 Å². The lowest BCUT2D eigenvalue weighted by atomic mass is 9.95. The van der Waals surface area contributed by atoms with Crippen molar-refractivity contribution in [3.05, 3.63) is 53.6 Å². The van der Waals surface area contributed by atoms with Gasteiger partial charge in [0.25, 0.3) is 0 Å². The molecule has 4 nitrogen and oxygen atoms in total. The molecule has 4 heteroatoms. The molecule has 0 saturated carbocycles.